The third kappa shape index (κ3) is 6.60. The molecule has 2 aromatic rings. The third-order valence-corrected chi connectivity index (χ3v) is 5.52. The van der Waals surface area contributed by atoms with Crippen molar-refractivity contribution in [1.29, 1.82) is 0 Å². The molecule has 0 atom stereocenters. The van der Waals surface area contributed by atoms with Crippen molar-refractivity contribution >= 4 is 40.9 Å². The van der Waals surface area contributed by atoms with Crippen molar-refractivity contribution in [2.75, 3.05) is 55.4 Å². The molecule has 0 radical (unpaired) electrons. The van der Waals surface area contributed by atoms with Crippen molar-refractivity contribution < 1.29 is 14.4 Å². The number of benzene rings is 2. The first kappa shape index (κ1) is 21.9. The molecule has 1 aliphatic heterocycles. The fraction of sp³-hybridized carbons (Fsp3) is 0.318. The predicted molar refractivity (Wildman–Crippen MR) is 121 cm³/mol. The van der Waals surface area contributed by atoms with Gasteiger partial charge in [-0.15, -0.1) is 0 Å². The van der Waals surface area contributed by atoms with Crippen LogP contribution in [0.4, 0.5) is 11.4 Å². The number of carbonyl (C=O) groups is 3. The first-order valence-electron chi connectivity index (χ1n) is 9.81. The summed E-state index contributed by atoms with van der Waals surface area (Å²) in [6.45, 7) is 1.64. The van der Waals surface area contributed by atoms with E-state index >= 15 is 0 Å². The number of likely N-dealkylation sites (N-methyl/N-ethyl adjacent to an activating group) is 1. The molecule has 0 spiro atoms. The van der Waals surface area contributed by atoms with Crippen molar-refractivity contribution in [3.05, 3.63) is 60.2 Å². The van der Waals surface area contributed by atoms with Crippen molar-refractivity contribution in [1.82, 2.24) is 9.80 Å². The van der Waals surface area contributed by atoms with Gasteiger partial charge in [-0.3, -0.25) is 19.3 Å². The molecule has 7 nitrogen and oxygen atoms in total. The minimum atomic E-state index is -0.246. The van der Waals surface area contributed by atoms with Crippen molar-refractivity contribution in [3.63, 3.8) is 0 Å². The molecule has 30 heavy (non-hydrogen) atoms. The van der Waals surface area contributed by atoms with E-state index in [2.05, 4.69) is 10.6 Å². The van der Waals surface area contributed by atoms with Crippen LogP contribution in [-0.2, 0) is 9.59 Å². The molecule has 1 heterocycles. The van der Waals surface area contributed by atoms with Gasteiger partial charge in [-0.2, -0.15) is 11.8 Å². The first-order valence-corrected chi connectivity index (χ1v) is 11.0. The minimum absolute atomic E-state index is 0.0129. The second-order valence-electron chi connectivity index (χ2n) is 7.12. The highest BCUT2D eigenvalue weighted by molar-refractivity contribution is 7.99. The average molecular weight is 427 g/mol. The number of para-hydroxylation sites is 1. The van der Waals surface area contributed by atoms with Crippen LogP contribution in [0.1, 0.15) is 10.4 Å². The lowest BCUT2D eigenvalue weighted by Gasteiger charge is -2.26. The Bertz CT molecular complexity index is 885. The van der Waals surface area contributed by atoms with Crippen LogP contribution in [0.3, 0.4) is 0 Å². The predicted octanol–water partition coefficient (Wildman–Crippen LogP) is 2.38. The number of amides is 3. The van der Waals surface area contributed by atoms with Crippen LogP contribution >= 0.6 is 11.8 Å². The van der Waals surface area contributed by atoms with Crippen LogP contribution < -0.4 is 10.6 Å². The zero-order chi connectivity index (χ0) is 21.3. The van der Waals surface area contributed by atoms with E-state index in [0.717, 1.165) is 24.6 Å². The van der Waals surface area contributed by atoms with E-state index in [4.69, 9.17) is 0 Å². The molecule has 158 valence electrons. The lowest BCUT2D eigenvalue weighted by molar-refractivity contribution is -0.119. The number of anilines is 2. The molecule has 3 rings (SSSR count). The van der Waals surface area contributed by atoms with Crippen LogP contribution in [-0.4, -0.2) is 72.3 Å². The Kier molecular flexibility index (Phi) is 7.87. The molecule has 2 aromatic carbocycles. The van der Waals surface area contributed by atoms with E-state index in [-0.39, 0.29) is 30.8 Å². The molecular weight excluding hydrogens is 400 g/mol. The fourth-order valence-corrected chi connectivity index (χ4v) is 4.05. The number of hydrogen-bond acceptors (Lipinski definition) is 5. The van der Waals surface area contributed by atoms with Gasteiger partial charge in [0.2, 0.25) is 11.8 Å². The second kappa shape index (κ2) is 10.8. The number of nitrogens with one attached hydrogen (secondary N) is 2. The van der Waals surface area contributed by atoms with Crippen LogP contribution in [0.5, 0.6) is 0 Å². The Morgan fingerprint density at radius 1 is 0.900 bits per heavy atom. The van der Waals surface area contributed by atoms with Gasteiger partial charge in [0.1, 0.15) is 0 Å². The van der Waals surface area contributed by atoms with E-state index in [1.165, 1.54) is 0 Å². The van der Waals surface area contributed by atoms with E-state index in [1.807, 2.05) is 47.0 Å². The normalized spacial score (nSPS) is 13.7. The summed E-state index contributed by atoms with van der Waals surface area (Å²) < 4.78 is 0. The average Bonchev–Trinajstić information content (AvgIpc) is 2.74. The topological polar surface area (TPSA) is 81.8 Å². The molecule has 0 aliphatic carbocycles. The SMILES string of the molecule is CN(CC(=O)Nc1ccccc1)CC(=O)Nc1cccc(C(=O)N2CCSCC2)c1. The van der Waals surface area contributed by atoms with Gasteiger partial charge >= 0.3 is 0 Å². The minimum Gasteiger partial charge on any atom is -0.337 e. The Morgan fingerprint density at radius 3 is 2.17 bits per heavy atom. The molecule has 1 saturated heterocycles. The number of thioether (sulfide) groups is 1. The second-order valence-corrected chi connectivity index (χ2v) is 8.34. The zero-order valence-electron chi connectivity index (χ0n) is 17.0. The quantitative estimate of drug-likeness (QED) is 0.711. The van der Waals surface area contributed by atoms with Crippen LogP contribution in [0.2, 0.25) is 0 Å². The molecule has 0 saturated carbocycles. The maximum atomic E-state index is 12.6. The maximum absolute atomic E-state index is 12.6. The molecule has 3 amide bonds. The van der Waals surface area contributed by atoms with Gasteiger partial charge < -0.3 is 15.5 Å². The third-order valence-electron chi connectivity index (χ3n) is 4.58. The summed E-state index contributed by atoms with van der Waals surface area (Å²) in [5.41, 5.74) is 1.85. The molecule has 8 heteroatoms. The monoisotopic (exact) mass is 426 g/mol. The Hall–Kier alpha value is -2.84. The van der Waals surface area contributed by atoms with E-state index in [9.17, 15) is 14.4 Å². The van der Waals surface area contributed by atoms with Gasteiger partial charge in [-0.25, -0.2) is 0 Å². The Labute approximate surface area is 180 Å². The van der Waals surface area contributed by atoms with Crippen LogP contribution in [0.25, 0.3) is 0 Å². The smallest absolute Gasteiger partial charge is 0.253 e. The lowest BCUT2D eigenvalue weighted by Crippen LogP contribution is -2.38. The fourth-order valence-electron chi connectivity index (χ4n) is 3.15. The van der Waals surface area contributed by atoms with E-state index in [0.29, 0.717) is 16.9 Å². The van der Waals surface area contributed by atoms with E-state index in [1.54, 1.807) is 36.2 Å². The van der Waals surface area contributed by atoms with Gasteiger partial charge in [0.05, 0.1) is 13.1 Å². The molecule has 0 bridgehead atoms. The van der Waals surface area contributed by atoms with E-state index < -0.39 is 0 Å². The van der Waals surface area contributed by atoms with Gasteiger partial charge in [-0.1, -0.05) is 24.3 Å². The zero-order valence-corrected chi connectivity index (χ0v) is 17.8. The van der Waals surface area contributed by atoms with Gasteiger partial charge in [0.15, 0.2) is 0 Å². The molecule has 1 fully saturated rings. The summed E-state index contributed by atoms with van der Waals surface area (Å²) in [5, 5.41) is 5.60. The summed E-state index contributed by atoms with van der Waals surface area (Å²) in [4.78, 5) is 40.6. The molecular formula is C22H26N4O3S. The van der Waals surface area contributed by atoms with Gasteiger partial charge in [0, 0.05) is 41.5 Å². The highest BCUT2D eigenvalue weighted by Gasteiger charge is 2.19. The number of nitrogens with zero attached hydrogens (tertiary/aromatic N) is 2. The summed E-state index contributed by atoms with van der Waals surface area (Å²) in [5.74, 6) is 1.45. The number of hydrogen-bond donors (Lipinski definition) is 2. The summed E-state index contributed by atoms with van der Waals surface area (Å²) in [6.07, 6.45) is 0. The first-order chi connectivity index (χ1) is 14.5. The Morgan fingerprint density at radius 2 is 1.50 bits per heavy atom. The number of carbonyl (C=O) groups excluding carboxylic acids is 3. The van der Waals surface area contributed by atoms with Crippen molar-refractivity contribution in [2.24, 2.45) is 0 Å². The largest absolute Gasteiger partial charge is 0.337 e. The van der Waals surface area contributed by atoms with Crippen molar-refractivity contribution in [2.45, 2.75) is 0 Å². The lowest BCUT2D eigenvalue weighted by atomic mass is 10.1. The number of rotatable bonds is 7. The molecule has 2 N–H and O–H groups in total. The maximum Gasteiger partial charge on any atom is 0.253 e. The molecule has 0 unspecified atom stereocenters. The van der Waals surface area contributed by atoms with Gasteiger partial charge in [-0.05, 0) is 37.4 Å². The van der Waals surface area contributed by atoms with Gasteiger partial charge in [0.25, 0.3) is 5.91 Å². The van der Waals surface area contributed by atoms with Crippen molar-refractivity contribution in [3.8, 4) is 0 Å². The highest BCUT2D eigenvalue weighted by atomic mass is 32.2. The Balaban J connectivity index is 1.49. The molecule has 1 aliphatic rings. The standard InChI is InChI=1S/C22H26N4O3S/c1-25(15-20(27)23-18-7-3-2-4-8-18)16-21(28)24-19-9-5-6-17(14-19)22(29)26-10-12-30-13-11-26/h2-9,14H,10-13,15-16H2,1H3,(H,23,27)(H,24,28). The highest BCUT2D eigenvalue weighted by Crippen LogP contribution is 2.16. The molecule has 0 aromatic heterocycles. The summed E-state index contributed by atoms with van der Waals surface area (Å²) >= 11 is 1.85. The van der Waals surface area contributed by atoms with Crippen LogP contribution in [0, 0.1) is 0 Å². The van der Waals surface area contributed by atoms with Crippen LogP contribution in [0.15, 0.2) is 54.6 Å². The summed E-state index contributed by atoms with van der Waals surface area (Å²) in [6, 6.07) is 16.2. The summed E-state index contributed by atoms with van der Waals surface area (Å²) in [7, 11) is 1.71.